The number of hydrogen-bond acceptors (Lipinski definition) is 4. The maximum absolute atomic E-state index is 8.60. The summed E-state index contributed by atoms with van der Waals surface area (Å²) in [6.45, 7) is 3.63. The van der Waals surface area contributed by atoms with E-state index in [1.807, 2.05) is 0 Å². The molecule has 27 heavy (non-hydrogen) atoms. The van der Waals surface area contributed by atoms with Crippen LogP contribution in [-0.2, 0) is 0 Å². The molecule has 0 amide bonds. The van der Waals surface area contributed by atoms with Gasteiger partial charge in [-0.2, -0.15) is 14.0 Å². The molecule has 0 aliphatic heterocycles. The Hall–Kier alpha value is 0.0900. The van der Waals surface area contributed by atoms with Crippen molar-refractivity contribution < 1.29 is 33.4 Å². The zero-order valence-electron chi connectivity index (χ0n) is 18.5. The van der Waals surface area contributed by atoms with Crippen LogP contribution in [0.25, 0.3) is 0 Å². The van der Waals surface area contributed by atoms with Gasteiger partial charge in [0.05, 0.1) is 42.6 Å². The second kappa shape index (κ2) is 19.4. The molecule has 5 nitrogen and oxygen atoms in total. The second-order valence-electron chi connectivity index (χ2n) is 8.71. The Morgan fingerprint density at radius 3 is 1.00 bits per heavy atom. The first-order valence-electron chi connectivity index (χ1n) is 11.0. The molecule has 166 valence electrons. The molecule has 6 heteroatoms. The van der Waals surface area contributed by atoms with Gasteiger partial charge in [-0.1, -0.05) is 96.8 Å². The fourth-order valence-corrected chi connectivity index (χ4v) is 3.13. The van der Waals surface area contributed by atoms with Gasteiger partial charge in [0.2, 0.25) is 0 Å². The predicted octanol–water partition coefficient (Wildman–Crippen LogP) is 2.83. The summed E-state index contributed by atoms with van der Waals surface area (Å²) in [5.74, 6) is 0. The van der Waals surface area contributed by atoms with E-state index in [1.54, 1.807) is 0 Å². The molecule has 0 fully saturated rings. The molecule has 0 aliphatic carbocycles. The molecule has 1 N–H and O–H groups in total. The molecule has 0 unspecified atom stereocenters. The molecular weight excluding hydrogens is 366 g/mol. The molecule has 0 heterocycles. The minimum atomic E-state index is -4.69. The zero-order valence-corrected chi connectivity index (χ0v) is 19.3. The Bertz CT molecular complexity index is 285. The summed E-state index contributed by atoms with van der Waals surface area (Å²) in [7, 11) is 2.20. The van der Waals surface area contributed by atoms with Gasteiger partial charge in [-0.25, -0.2) is 0 Å². The molecule has 0 aromatic carbocycles. The van der Waals surface area contributed by atoms with Crippen molar-refractivity contribution in [3.63, 3.8) is 0 Å². The number of quaternary nitrogens is 1. The number of unbranched alkanes of at least 4 members (excludes halogenated alkanes) is 15. The van der Waals surface area contributed by atoms with Gasteiger partial charge in [-0.15, -0.1) is 0 Å². The third-order valence-corrected chi connectivity index (χ3v) is 4.68. The van der Waals surface area contributed by atoms with Gasteiger partial charge in [-0.05, 0) is 12.8 Å². The van der Waals surface area contributed by atoms with E-state index in [4.69, 9.17) is 18.6 Å². The number of hydrogen-bond donors (Lipinski definition) is 1. The Balaban J connectivity index is 0. The third-order valence-electron chi connectivity index (χ3n) is 4.68. The molecule has 0 bridgehead atoms. The van der Waals surface area contributed by atoms with Crippen molar-refractivity contribution in [1.29, 1.82) is 0 Å². The second-order valence-corrected chi connectivity index (χ2v) is 9.51. The molecule has 0 spiro atoms. The van der Waals surface area contributed by atoms with E-state index in [9.17, 15) is 0 Å². The van der Waals surface area contributed by atoms with Crippen LogP contribution in [0.15, 0.2) is 0 Å². The van der Waals surface area contributed by atoms with Crippen LogP contribution in [0.1, 0.15) is 110 Å². The van der Waals surface area contributed by atoms with Crippen LogP contribution in [-0.4, -0.2) is 36.8 Å². The molecule has 0 rings (SSSR count). The largest absolute Gasteiger partial charge is 0.331 e. The van der Waals surface area contributed by atoms with Gasteiger partial charge >= 0.3 is 0 Å². The number of halogens is 1. The normalized spacial score (nSPS) is 12.0. The van der Waals surface area contributed by atoms with Crippen molar-refractivity contribution in [2.75, 3.05) is 27.7 Å². The Morgan fingerprint density at radius 1 is 0.556 bits per heavy atom. The van der Waals surface area contributed by atoms with Crippen LogP contribution >= 0.6 is 0 Å². The van der Waals surface area contributed by atoms with Gasteiger partial charge < -0.3 is 4.48 Å². The van der Waals surface area contributed by atoms with Crippen molar-refractivity contribution >= 4 is 0 Å². The highest BCUT2D eigenvalue weighted by atomic mass is 35.7. The Morgan fingerprint density at radius 2 is 0.778 bits per heavy atom. The van der Waals surface area contributed by atoms with E-state index >= 15 is 0 Å². The number of rotatable bonds is 17. The van der Waals surface area contributed by atoms with Gasteiger partial charge in [0.25, 0.3) is 0 Å². The molecule has 0 aliphatic rings. The summed E-state index contributed by atoms with van der Waals surface area (Å²) in [5.41, 5.74) is 0. The van der Waals surface area contributed by atoms with E-state index in [-0.39, 0.29) is 0 Å². The predicted molar refractivity (Wildman–Crippen MR) is 105 cm³/mol. The van der Waals surface area contributed by atoms with Crippen LogP contribution in [0.3, 0.4) is 0 Å². The first kappa shape index (κ1) is 29.3. The van der Waals surface area contributed by atoms with Crippen LogP contribution in [0, 0.1) is 10.2 Å². The van der Waals surface area contributed by atoms with Crippen LogP contribution in [0.5, 0.6) is 0 Å². The minimum Gasteiger partial charge on any atom is -0.331 e. The van der Waals surface area contributed by atoms with E-state index in [2.05, 4.69) is 28.1 Å². The smallest absolute Gasteiger partial charge is 0.0780 e. The van der Waals surface area contributed by atoms with Crippen LogP contribution in [0.4, 0.5) is 0 Å². The third kappa shape index (κ3) is 41.5. The molecule has 0 saturated heterocycles. The average Bonchev–Trinajstić information content (AvgIpc) is 2.52. The lowest BCUT2D eigenvalue weighted by Crippen LogP contribution is -2.58. The summed E-state index contributed by atoms with van der Waals surface area (Å²) < 4.78 is 33.8. The summed E-state index contributed by atoms with van der Waals surface area (Å²) in [4.78, 5) is 0. The van der Waals surface area contributed by atoms with Gasteiger partial charge in [0.1, 0.15) is 0 Å². The topological polar surface area (TPSA) is 89.4 Å². The van der Waals surface area contributed by atoms with Crippen molar-refractivity contribution in [2.24, 2.45) is 0 Å². The van der Waals surface area contributed by atoms with Crippen LogP contribution < -0.4 is 14.0 Å². The maximum Gasteiger partial charge on any atom is 0.0780 e. The Kier molecular flexibility index (Phi) is 21.1. The quantitative estimate of drug-likeness (QED) is 0.294. The summed E-state index contributed by atoms with van der Waals surface area (Å²) in [6.07, 6.45) is 23.4. The van der Waals surface area contributed by atoms with Crippen molar-refractivity contribution in [2.45, 2.75) is 110 Å². The van der Waals surface area contributed by atoms with Gasteiger partial charge in [0.15, 0.2) is 0 Å². The first-order chi connectivity index (χ1) is 12.6. The van der Waals surface area contributed by atoms with Crippen molar-refractivity contribution in [3.05, 3.63) is 0 Å². The summed E-state index contributed by atoms with van der Waals surface area (Å²) in [6, 6.07) is 0. The van der Waals surface area contributed by atoms with E-state index in [0.717, 1.165) is 4.48 Å². The highest BCUT2D eigenvalue weighted by Gasteiger charge is 2.04. The summed E-state index contributed by atoms with van der Waals surface area (Å²) >= 11 is 0. The molecule has 0 saturated carbocycles. The lowest BCUT2D eigenvalue weighted by atomic mass is 10.0. The molecule has 0 aromatic rings. The molecule has 0 atom stereocenters. The van der Waals surface area contributed by atoms with Crippen molar-refractivity contribution in [1.82, 2.24) is 0 Å². The Labute approximate surface area is 171 Å². The lowest BCUT2D eigenvalue weighted by molar-refractivity contribution is -1.92. The SMILES string of the molecule is CCCCCCCCCCCCCCCCCC[N+](C)(C)C.[O-][Cl+3]([O-])([O-])O. The fourth-order valence-electron chi connectivity index (χ4n) is 3.13. The van der Waals surface area contributed by atoms with Gasteiger partial charge in [0, 0.05) is 0 Å². The maximum atomic E-state index is 8.60. The number of nitrogens with zero attached hydrogens (tertiary/aromatic N) is 1. The first-order valence-corrected chi connectivity index (χ1v) is 12.3. The molecule has 0 radical (unpaired) electrons. The van der Waals surface area contributed by atoms with E-state index in [0.29, 0.717) is 0 Å². The molecular formula is C21H47ClNO4+. The van der Waals surface area contributed by atoms with Crippen molar-refractivity contribution in [3.8, 4) is 0 Å². The lowest BCUT2D eigenvalue weighted by Gasteiger charge is -2.23. The highest BCUT2D eigenvalue weighted by molar-refractivity contribution is 4.49. The zero-order chi connectivity index (χ0) is 21.0. The highest BCUT2D eigenvalue weighted by Crippen LogP contribution is 2.13. The van der Waals surface area contributed by atoms with Crippen LogP contribution in [0.2, 0.25) is 0 Å². The average molecular weight is 413 g/mol. The van der Waals surface area contributed by atoms with Gasteiger partial charge in [-0.3, -0.25) is 0 Å². The van der Waals surface area contributed by atoms with E-state index < -0.39 is 10.2 Å². The minimum absolute atomic E-state index is 1.12. The fraction of sp³-hybridized carbons (Fsp3) is 1.00. The monoisotopic (exact) mass is 412 g/mol. The summed E-state index contributed by atoms with van der Waals surface area (Å²) in [5, 5.41) is 0. The van der Waals surface area contributed by atoms with E-state index in [1.165, 1.54) is 109 Å². The molecule has 0 aromatic heterocycles. The standard InChI is InChI=1S/C21H46N.ClHO4/c1-5-6-7-8-9-10-11-12-13-14-15-16-17-18-19-20-21-22(2,3)4;2-1(3,4)5/h5-21H2,1-4H3;(H,2,3,4,5)/q+1;.